The smallest absolute Gasteiger partial charge is 0.327 e. The maximum absolute atomic E-state index is 11.9. The molecule has 1 fully saturated rings. The summed E-state index contributed by atoms with van der Waals surface area (Å²) in [5, 5.41) is 22.2. The maximum Gasteiger partial charge on any atom is 0.327 e. The number of carboxylic acids is 2. The average molecular weight is 333 g/mol. The zero-order valence-corrected chi connectivity index (χ0v) is 12.8. The monoisotopic (exact) mass is 333 g/mol. The molecule has 124 valence electrons. The first-order valence-corrected chi connectivity index (χ1v) is 7.69. The van der Waals surface area contributed by atoms with Crippen LogP contribution in [0.25, 0.3) is 0 Å². The molecule has 1 heterocycles. The Kier molecular flexibility index (Phi) is 6.62. The van der Waals surface area contributed by atoms with Crippen LogP contribution in [0.1, 0.15) is 19.8 Å². The third kappa shape index (κ3) is 5.19. The highest BCUT2D eigenvalue weighted by atomic mass is 32.2. The molecule has 4 atom stereocenters. The molecule has 1 aliphatic rings. The van der Waals surface area contributed by atoms with Gasteiger partial charge in [0.15, 0.2) is 0 Å². The molecule has 0 spiro atoms. The normalized spacial score (nSPS) is 26.5. The van der Waals surface area contributed by atoms with E-state index < -0.39 is 41.9 Å². The van der Waals surface area contributed by atoms with E-state index in [9.17, 15) is 19.2 Å². The minimum Gasteiger partial charge on any atom is -0.480 e. The van der Waals surface area contributed by atoms with Crippen molar-refractivity contribution in [2.75, 3.05) is 5.75 Å². The molecule has 1 saturated heterocycles. The molecule has 10 heteroatoms. The number of carbonyl (C=O) groups excluding carboxylic acids is 2. The van der Waals surface area contributed by atoms with Gasteiger partial charge in [-0.15, -0.1) is 0 Å². The van der Waals surface area contributed by atoms with E-state index >= 15 is 0 Å². The van der Waals surface area contributed by atoms with Gasteiger partial charge in [-0.3, -0.25) is 14.4 Å². The summed E-state index contributed by atoms with van der Waals surface area (Å²) in [7, 11) is 0. The van der Waals surface area contributed by atoms with Crippen molar-refractivity contribution >= 4 is 35.5 Å². The highest BCUT2D eigenvalue weighted by Crippen LogP contribution is 2.19. The predicted molar refractivity (Wildman–Crippen MR) is 78.3 cm³/mol. The highest BCUT2D eigenvalue weighted by Gasteiger charge is 2.34. The zero-order valence-electron chi connectivity index (χ0n) is 11.9. The van der Waals surface area contributed by atoms with E-state index in [0.717, 1.165) is 0 Å². The largest absolute Gasteiger partial charge is 0.480 e. The van der Waals surface area contributed by atoms with Crippen LogP contribution in [0, 0.1) is 0 Å². The number of rotatable bonds is 6. The number of carbonyl (C=O) groups is 4. The molecule has 9 nitrogen and oxygen atoms in total. The third-order valence-electron chi connectivity index (χ3n) is 3.21. The lowest BCUT2D eigenvalue weighted by Crippen LogP contribution is -2.52. The van der Waals surface area contributed by atoms with Gasteiger partial charge in [-0.1, -0.05) is 6.92 Å². The second kappa shape index (κ2) is 7.99. The molecule has 22 heavy (non-hydrogen) atoms. The molecular weight excluding hydrogens is 314 g/mol. The Morgan fingerprint density at radius 3 is 2.64 bits per heavy atom. The van der Waals surface area contributed by atoms with E-state index in [1.165, 1.54) is 11.8 Å². The van der Waals surface area contributed by atoms with Crippen molar-refractivity contribution in [2.45, 2.75) is 43.1 Å². The minimum absolute atomic E-state index is 0.0448. The Balaban J connectivity index is 2.55. The van der Waals surface area contributed by atoms with Gasteiger partial charge in [0.1, 0.15) is 18.1 Å². The summed E-state index contributed by atoms with van der Waals surface area (Å²) < 4.78 is 0. The number of carboxylic acid groups (broad SMARTS) is 2. The lowest BCUT2D eigenvalue weighted by molar-refractivity contribution is -0.141. The Bertz CT molecular complexity index is 472. The van der Waals surface area contributed by atoms with Crippen LogP contribution in [0.4, 0.5) is 0 Å². The molecule has 0 aliphatic carbocycles. The fourth-order valence-corrected chi connectivity index (χ4v) is 2.95. The Morgan fingerprint density at radius 2 is 2.09 bits per heavy atom. The lowest BCUT2D eigenvalue weighted by atomic mass is 10.1. The Morgan fingerprint density at radius 1 is 1.45 bits per heavy atom. The molecule has 0 bridgehead atoms. The molecule has 6 N–H and O–H groups in total. The molecule has 0 aromatic heterocycles. The average Bonchev–Trinajstić information content (AvgIpc) is 2.57. The number of hydrogen-bond acceptors (Lipinski definition) is 6. The summed E-state index contributed by atoms with van der Waals surface area (Å²) >= 11 is 1.26. The van der Waals surface area contributed by atoms with Gasteiger partial charge in [0.05, 0.1) is 0 Å². The summed E-state index contributed by atoms with van der Waals surface area (Å²) in [5.74, 6) is -3.16. The summed E-state index contributed by atoms with van der Waals surface area (Å²) in [6, 6.07) is -3.01. The van der Waals surface area contributed by atoms with E-state index in [1.54, 1.807) is 6.92 Å². The van der Waals surface area contributed by atoms with Crippen molar-refractivity contribution < 1.29 is 29.4 Å². The van der Waals surface area contributed by atoms with Gasteiger partial charge >= 0.3 is 11.9 Å². The van der Waals surface area contributed by atoms with E-state index in [4.69, 9.17) is 15.9 Å². The van der Waals surface area contributed by atoms with Crippen molar-refractivity contribution in [2.24, 2.45) is 5.73 Å². The highest BCUT2D eigenvalue weighted by molar-refractivity contribution is 8.00. The standard InChI is InChI=1S/C12H19N3O6S/c1-5-9(12(20)21)15-10(17)7(4-22-5)14-8(16)3-2-6(13)11(18)19/h5-7,9H,2-4,13H2,1H3,(H,14,16)(H,15,17)(H,18,19)(H,20,21)/t5-,6-,7-,9-/m0/s1. The second-order valence-electron chi connectivity index (χ2n) is 4.97. The third-order valence-corrected chi connectivity index (χ3v) is 4.53. The van der Waals surface area contributed by atoms with Crippen LogP contribution in [0.5, 0.6) is 0 Å². The number of thioether (sulfide) groups is 1. The molecule has 2 amide bonds. The maximum atomic E-state index is 11.9. The molecule has 1 aliphatic heterocycles. The second-order valence-corrected chi connectivity index (χ2v) is 6.38. The Hall–Kier alpha value is -1.81. The van der Waals surface area contributed by atoms with Gasteiger partial charge in [0.2, 0.25) is 11.8 Å². The fourth-order valence-electron chi connectivity index (χ4n) is 1.84. The molecule has 0 unspecified atom stereocenters. The van der Waals surface area contributed by atoms with Gasteiger partial charge in [-0.2, -0.15) is 11.8 Å². The van der Waals surface area contributed by atoms with Gasteiger partial charge in [0, 0.05) is 17.4 Å². The first-order chi connectivity index (χ1) is 10.2. The molecule has 0 saturated carbocycles. The Labute approximate surface area is 131 Å². The number of hydrogen-bond donors (Lipinski definition) is 5. The van der Waals surface area contributed by atoms with Gasteiger partial charge in [-0.25, -0.2) is 4.79 Å². The van der Waals surface area contributed by atoms with Crippen LogP contribution < -0.4 is 16.4 Å². The molecule has 1 rings (SSSR count). The van der Waals surface area contributed by atoms with Crippen LogP contribution in [0.3, 0.4) is 0 Å². The molecule has 0 aromatic carbocycles. The fraction of sp³-hybridized carbons (Fsp3) is 0.667. The van der Waals surface area contributed by atoms with Crippen molar-refractivity contribution in [3.8, 4) is 0 Å². The predicted octanol–water partition coefficient (Wildman–Crippen LogP) is -1.63. The van der Waals surface area contributed by atoms with E-state index in [-0.39, 0.29) is 23.8 Å². The SMILES string of the molecule is C[C@@H]1SC[C@H](NC(=O)CC[C@H](N)C(=O)O)C(=O)N[C@@H]1C(=O)O. The number of nitrogens with two attached hydrogens (primary N) is 1. The van der Waals surface area contributed by atoms with Crippen LogP contribution in [0.2, 0.25) is 0 Å². The molecule has 0 radical (unpaired) electrons. The quantitative estimate of drug-likeness (QED) is 0.387. The van der Waals surface area contributed by atoms with Crippen molar-refractivity contribution in [3.05, 3.63) is 0 Å². The first kappa shape index (κ1) is 18.2. The minimum atomic E-state index is -1.20. The van der Waals surface area contributed by atoms with E-state index in [0.29, 0.717) is 0 Å². The van der Waals surface area contributed by atoms with Crippen LogP contribution in [0.15, 0.2) is 0 Å². The summed E-state index contributed by atoms with van der Waals surface area (Å²) in [5.41, 5.74) is 5.29. The van der Waals surface area contributed by atoms with Gasteiger partial charge in [-0.05, 0) is 6.42 Å². The summed E-state index contributed by atoms with van der Waals surface area (Å²) in [4.78, 5) is 45.3. The van der Waals surface area contributed by atoms with E-state index in [1.807, 2.05) is 0 Å². The summed E-state index contributed by atoms with van der Waals surface area (Å²) in [6.45, 7) is 1.68. The lowest BCUT2D eigenvalue weighted by Gasteiger charge is -2.17. The van der Waals surface area contributed by atoms with Crippen molar-refractivity contribution in [1.82, 2.24) is 10.6 Å². The molecule has 0 aromatic rings. The number of nitrogens with one attached hydrogen (secondary N) is 2. The van der Waals surface area contributed by atoms with Gasteiger partial charge in [0.25, 0.3) is 0 Å². The van der Waals surface area contributed by atoms with Crippen molar-refractivity contribution in [1.29, 1.82) is 0 Å². The topological polar surface area (TPSA) is 159 Å². The van der Waals surface area contributed by atoms with Crippen LogP contribution >= 0.6 is 11.8 Å². The molecular formula is C12H19N3O6S. The summed E-state index contributed by atoms with van der Waals surface area (Å²) in [6.07, 6.45) is -0.170. The van der Waals surface area contributed by atoms with Crippen LogP contribution in [-0.4, -0.2) is 63.1 Å². The van der Waals surface area contributed by atoms with Crippen molar-refractivity contribution in [3.63, 3.8) is 0 Å². The number of aliphatic carboxylic acids is 2. The van der Waals surface area contributed by atoms with Gasteiger partial charge < -0.3 is 26.6 Å². The van der Waals surface area contributed by atoms with E-state index in [2.05, 4.69) is 10.6 Å². The first-order valence-electron chi connectivity index (χ1n) is 6.65. The van der Waals surface area contributed by atoms with Crippen LogP contribution in [-0.2, 0) is 19.2 Å². The zero-order chi connectivity index (χ0) is 16.9. The number of amides is 2.